The minimum Gasteiger partial charge on any atom is -0.497 e. The Labute approximate surface area is 215 Å². The van der Waals surface area contributed by atoms with Gasteiger partial charge in [-0.05, 0) is 54.7 Å². The number of carbonyl (C=O) groups is 1. The Morgan fingerprint density at radius 2 is 2.03 bits per heavy atom. The number of nitrogens with zero attached hydrogens (tertiary/aromatic N) is 2. The molecule has 2 heterocycles. The molecule has 0 N–H and O–H groups in total. The molecule has 5 atom stereocenters. The van der Waals surface area contributed by atoms with Crippen LogP contribution in [-0.2, 0) is 16.6 Å². The van der Waals surface area contributed by atoms with Crippen molar-refractivity contribution in [1.29, 1.82) is 0 Å². The van der Waals surface area contributed by atoms with Gasteiger partial charge in [0.25, 0.3) is 0 Å². The molecule has 1 amide bonds. The monoisotopic (exact) mass is 487 g/mol. The molecule has 2 aliphatic heterocycles. The fourth-order valence-electron chi connectivity index (χ4n) is 8.43. The molecule has 2 fully saturated rings. The standard InChI is InChI=1S/C31H39N2O3/c1-20-10-12-22-19-25-30(2)15-14-24(29-31(30,16-17-33(25,4)5)27(22)28(20)36-29)32(3)26(34)13-11-21-8-7-9-23(18-21)35-6/h7-13,18,24-25,29H,14-17,19H2,1-6H3/q+1/b13-11+/t24?,25-,29?,30+,31+/m1/s1. The second-order valence-corrected chi connectivity index (χ2v) is 12.3. The highest BCUT2D eigenvalue weighted by Gasteiger charge is 2.74. The number of hydrogen-bond acceptors (Lipinski definition) is 3. The normalized spacial score (nSPS) is 33.1. The van der Waals surface area contributed by atoms with E-state index >= 15 is 0 Å². The smallest absolute Gasteiger partial charge is 0.246 e. The Bertz CT molecular complexity index is 1270. The van der Waals surface area contributed by atoms with Crippen molar-refractivity contribution < 1.29 is 18.8 Å². The number of rotatable bonds is 4. The molecule has 0 aromatic heterocycles. The summed E-state index contributed by atoms with van der Waals surface area (Å²) in [5.74, 6) is 1.92. The Hall–Kier alpha value is -2.79. The largest absolute Gasteiger partial charge is 0.497 e. The van der Waals surface area contributed by atoms with Crippen LogP contribution in [0.1, 0.15) is 48.4 Å². The van der Waals surface area contributed by atoms with Gasteiger partial charge in [0, 0.05) is 36.9 Å². The van der Waals surface area contributed by atoms with Crippen molar-refractivity contribution in [2.24, 2.45) is 5.41 Å². The van der Waals surface area contributed by atoms with Crippen molar-refractivity contribution in [3.8, 4) is 11.5 Å². The minimum atomic E-state index is -0.0334. The highest BCUT2D eigenvalue weighted by molar-refractivity contribution is 5.92. The van der Waals surface area contributed by atoms with Gasteiger partial charge in [-0.2, -0.15) is 0 Å². The maximum Gasteiger partial charge on any atom is 0.246 e. The first-order valence-corrected chi connectivity index (χ1v) is 13.3. The third-order valence-corrected chi connectivity index (χ3v) is 10.4. The molecule has 1 spiro atoms. The van der Waals surface area contributed by atoms with Gasteiger partial charge in [-0.1, -0.05) is 31.2 Å². The van der Waals surface area contributed by atoms with Gasteiger partial charge in [-0.25, -0.2) is 0 Å². The van der Waals surface area contributed by atoms with Crippen LogP contribution in [0.3, 0.4) is 0 Å². The van der Waals surface area contributed by atoms with Crippen molar-refractivity contribution in [2.75, 3.05) is 34.8 Å². The summed E-state index contributed by atoms with van der Waals surface area (Å²) >= 11 is 0. The quantitative estimate of drug-likeness (QED) is 0.462. The molecule has 2 bridgehead atoms. The molecule has 1 saturated heterocycles. The number of aryl methyl sites for hydroxylation is 1. The highest BCUT2D eigenvalue weighted by Crippen LogP contribution is 2.69. The van der Waals surface area contributed by atoms with Crippen LogP contribution in [0.25, 0.3) is 6.08 Å². The third kappa shape index (κ3) is 3.01. The molecule has 5 nitrogen and oxygen atoms in total. The van der Waals surface area contributed by atoms with Crippen LogP contribution in [0.5, 0.6) is 11.5 Å². The van der Waals surface area contributed by atoms with Crippen molar-refractivity contribution in [3.63, 3.8) is 0 Å². The highest BCUT2D eigenvalue weighted by atomic mass is 16.5. The van der Waals surface area contributed by atoms with Gasteiger partial charge in [-0.15, -0.1) is 0 Å². The SMILES string of the molecule is COc1cccc(/C=C/C(=O)N(C)C2CC[C@@]3(C)[C@H]4Cc5ccc(C)c6c5[C@@]3(CC[N+]4(C)C)C2O6)c1. The predicted octanol–water partition coefficient (Wildman–Crippen LogP) is 4.75. The lowest BCUT2D eigenvalue weighted by Gasteiger charge is -2.66. The van der Waals surface area contributed by atoms with Gasteiger partial charge >= 0.3 is 0 Å². The van der Waals surface area contributed by atoms with Gasteiger partial charge in [-0.3, -0.25) is 4.79 Å². The molecular formula is C31H39N2O3+. The summed E-state index contributed by atoms with van der Waals surface area (Å²) in [6, 6.07) is 13.0. The number of likely N-dealkylation sites (N-methyl/N-ethyl adjacent to an activating group) is 2. The van der Waals surface area contributed by atoms with E-state index in [2.05, 4.69) is 40.1 Å². The molecule has 1 saturated carbocycles. The minimum absolute atomic E-state index is 0.00614. The third-order valence-electron chi connectivity index (χ3n) is 10.4. The zero-order valence-corrected chi connectivity index (χ0v) is 22.5. The molecule has 2 aliphatic carbocycles. The number of amides is 1. The summed E-state index contributed by atoms with van der Waals surface area (Å²) in [7, 11) is 8.45. The van der Waals surface area contributed by atoms with E-state index in [1.54, 1.807) is 13.2 Å². The van der Waals surface area contributed by atoms with E-state index in [0.717, 1.165) is 53.8 Å². The first kappa shape index (κ1) is 23.6. The second-order valence-electron chi connectivity index (χ2n) is 12.3. The number of benzene rings is 2. The van der Waals surface area contributed by atoms with Crippen molar-refractivity contribution in [2.45, 2.75) is 63.1 Å². The fourth-order valence-corrected chi connectivity index (χ4v) is 8.43. The summed E-state index contributed by atoms with van der Waals surface area (Å²) < 4.78 is 13.4. The average Bonchev–Trinajstić information content (AvgIpc) is 3.22. The zero-order chi connectivity index (χ0) is 25.5. The Balaban J connectivity index is 1.37. The van der Waals surface area contributed by atoms with Crippen molar-refractivity contribution in [3.05, 3.63) is 64.7 Å². The summed E-state index contributed by atoms with van der Waals surface area (Å²) in [4.78, 5) is 15.4. The summed E-state index contributed by atoms with van der Waals surface area (Å²) in [6.45, 7) is 5.86. The van der Waals surface area contributed by atoms with E-state index in [0.29, 0.717) is 6.04 Å². The number of likely N-dealkylation sites (tertiary alicyclic amines) is 1. The molecule has 36 heavy (non-hydrogen) atoms. The molecular weight excluding hydrogens is 448 g/mol. The molecule has 190 valence electrons. The molecule has 6 rings (SSSR count). The Morgan fingerprint density at radius 3 is 2.81 bits per heavy atom. The van der Waals surface area contributed by atoms with Crippen LogP contribution in [-0.4, -0.2) is 68.3 Å². The number of piperidine rings is 1. The van der Waals surface area contributed by atoms with Crippen LogP contribution >= 0.6 is 0 Å². The lowest BCUT2D eigenvalue weighted by Crippen LogP contribution is -2.76. The molecule has 2 unspecified atom stereocenters. The molecule has 4 aliphatic rings. The number of ether oxygens (including phenoxy) is 2. The molecule has 2 aromatic rings. The first-order chi connectivity index (χ1) is 17.1. The summed E-state index contributed by atoms with van der Waals surface area (Å²) in [5, 5.41) is 0. The van der Waals surface area contributed by atoms with E-state index in [4.69, 9.17) is 9.47 Å². The van der Waals surface area contributed by atoms with Crippen molar-refractivity contribution >= 4 is 12.0 Å². The average molecular weight is 488 g/mol. The summed E-state index contributed by atoms with van der Waals surface area (Å²) in [6.07, 6.45) is 7.89. The van der Waals surface area contributed by atoms with Crippen LogP contribution < -0.4 is 9.47 Å². The van der Waals surface area contributed by atoms with Gasteiger partial charge < -0.3 is 18.9 Å². The van der Waals surface area contributed by atoms with Crippen LogP contribution in [0.4, 0.5) is 0 Å². The first-order valence-electron chi connectivity index (χ1n) is 13.3. The van der Waals surface area contributed by atoms with E-state index < -0.39 is 0 Å². The molecule has 0 radical (unpaired) electrons. The lowest BCUT2D eigenvalue weighted by atomic mass is 9.43. The van der Waals surface area contributed by atoms with Crippen LogP contribution in [0.2, 0.25) is 0 Å². The number of carbonyl (C=O) groups excluding carboxylic acids is 1. The van der Waals surface area contributed by atoms with E-state index in [1.165, 1.54) is 16.7 Å². The van der Waals surface area contributed by atoms with Gasteiger partial charge in [0.1, 0.15) is 17.6 Å². The topological polar surface area (TPSA) is 38.8 Å². The molecule has 2 aromatic carbocycles. The molecule has 5 heteroatoms. The maximum atomic E-state index is 13.5. The predicted molar refractivity (Wildman–Crippen MR) is 142 cm³/mol. The van der Waals surface area contributed by atoms with Gasteiger partial charge in [0.05, 0.1) is 45.2 Å². The second kappa shape index (κ2) is 7.85. The maximum absolute atomic E-state index is 13.5. The number of methoxy groups -OCH3 is 1. The number of hydrogen-bond donors (Lipinski definition) is 0. The lowest BCUT2D eigenvalue weighted by molar-refractivity contribution is -0.932. The van der Waals surface area contributed by atoms with Crippen LogP contribution in [0.15, 0.2) is 42.5 Å². The van der Waals surface area contributed by atoms with Crippen LogP contribution in [0, 0.1) is 12.3 Å². The zero-order valence-electron chi connectivity index (χ0n) is 22.5. The van der Waals surface area contributed by atoms with E-state index in [1.807, 2.05) is 42.3 Å². The number of quaternary nitrogens is 1. The Kier molecular flexibility index (Phi) is 5.15. The van der Waals surface area contributed by atoms with Crippen molar-refractivity contribution in [1.82, 2.24) is 4.90 Å². The summed E-state index contributed by atoms with van der Waals surface area (Å²) in [5.41, 5.74) is 5.25. The van der Waals surface area contributed by atoms with E-state index in [-0.39, 0.29) is 28.9 Å². The van der Waals surface area contributed by atoms with Gasteiger partial charge in [0.2, 0.25) is 5.91 Å². The van der Waals surface area contributed by atoms with E-state index in [9.17, 15) is 4.79 Å². The van der Waals surface area contributed by atoms with Gasteiger partial charge in [0.15, 0.2) is 0 Å². The fraction of sp³-hybridized carbons (Fsp3) is 0.516. The Morgan fingerprint density at radius 1 is 1.22 bits per heavy atom.